The number of aromatic nitrogens is 2. The maximum absolute atomic E-state index is 6.24. The van der Waals surface area contributed by atoms with Crippen molar-refractivity contribution in [3.63, 3.8) is 0 Å². The van der Waals surface area contributed by atoms with Crippen LogP contribution in [0.5, 0.6) is 0 Å². The van der Waals surface area contributed by atoms with Gasteiger partial charge in [0.15, 0.2) is 5.58 Å². The Balaban J connectivity index is 2.33. The van der Waals surface area contributed by atoms with Crippen LogP contribution in [-0.4, -0.2) is 9.97 Å². The first-order chi connectivity index (χ1) is 9.09. The van der Waals surface area contributed by atoms with Crippen molar-refractivity contribution < 1.29 is 4.42 Å². The van der Waals surface area contributed by atoms with Gasteiger partial charge in [-0.05, 0) is 37.1 Å². The van der Waals surface area contributed by atoms with E-state index in [1.54, 1.807) is 6.20 Å². The van der Waals surface area contributed by atoms with Crippen LogP contribution in [0.15, 0.2) is 28.8 Å². The van der Waals surface area contributed by atoms with Crippen LogP contribution in [0.25, 0.3) is 22.7 Å². The van der Waals surface area contributed by atoms with Crippen molar-refractivity contribution >= 4 is 28.4 Å². The van der Waals surface area contributed by atoms with E-state index in [1.807, 2.05) is 32.0 Å². The number of fused-ring (bicyclic) bond motifs is 1. The molecule has 5 heteroatoms. The molecule has 0 amide bonds. The zero-order valence-electron chi connectivity index (χ0n) is 10.6. The molecule has 0 bridgehead atoms. The highest BCUT2D eigenvalue weighted by atomic mass is 35.5. The lowest BCUT2D eigenvalue weighted by atomic mass is 10.1. The average molecular weight is 274 g/mol. The Morgan fingerprint density at radius 3 is 2.68 bits per heavy atom. The molecular weight excluding hydrogens is 262 g/mol. The van der Waals surface area contributed by atoms with Crippen molar-refractivity contribution in [3.05, 3.63) is 40.5 Å². The number of pyridine rings is 1. The number of nitrogens with two attached hydrogens (primary N) is 1. The van der Waals surface area contributed by atoms with Gasteiger partial charge in [-0.15, -0.1) is 0 Å². The van der Waals surface area contributed by atoms with Crippen molar-refractivity contribution in [2.75, 3.05) is 5.73 Å². The van der Waals surface area contributed by atoms with E-state index in [9.17, 15) is 0 Å². The molecule has 2 heterocycles. The number of nitrogens with zero attached hydrogens (tertiary/aromatic N) is 2. The van der Waals surface area contributed by atoms with Crippen molar-refractivity contribution in [3.8, 4) is 11.6 Å². The summed E-state index contributed by atoms with van der Waals surface area (Å²) < 4.78 is 5.74. The van der Waals surface area contributed by atoms with E-state index in [-0.39, 0.29) is 0 Å². The van der Waals surface area contributed by atoms with Gasteiger partial charge in [0.2, 0.25) is 5.89 Å². The van der Waals surface area contributed by atoms with Gasteiger partial charge in [0.05, 0.1) is 10.7 Å². The number of hydrogen-bond donors (Lipinski definition) is 1. The minimum absolute atomic E-state index is 0.451. The molecule has 2 aromatic heterocycles. The Kier molecular flexibility index (Phi) is 2.68. The molecular formula is C14H12ClN3O. The van der Waals surface area contributed by atoms with Gasteiger partial charge in [0.1, 0.15) is 11.2 Å². The second kappa shape index (κ2) is 4.24. The normalized spacial score (nSPS) is 11.1. The first kappa shape index (κ1) is 12.0. The number of oxazole rings is 1. The van der Waals surface area contributed by atoms with Gasteiger partial charge in [0, 0.05) is 6.20 Å². The Bertz CT molecular complexity index is 720. The van der Waals surface area contributed by atoms with Gasteiger partial charge in [-0.25, -0.2) is 4.98 Å². The van der Waals surface area contributed by atoms with E-state index in [2.05, 4.69) is 9.97 Å². The van der Waals surface area contributed by atoms with E-state index in [4.69, 9.17) is 21.8 Å². The molecule has 0 unspecified atom stereocenters. The molecule has 96 valence electrons. The number of benzene rings is 1. The van der Waals surface area contributed by atoms with E-state index in [1.165, 1.54) is 0 Å². The summed E-state index contributed by atoms with van der Waals surface area (Å²) in [5.74, 6) is 0.451. The SMILES string of the molecule is Cc1c(Cl)c(C)c2nc(-c3ccccn3)oc2c1N. The quantitative estimate of drug-likeness (QED) is 0.686. The Hall–Kier alpha value is -2.07. The van der Waals surface area contributed by atoms with Crippen LogP contribution in [0.3, 0.4) is 0 Å². The molecule has 1 aromatic carbocycles. The van der Waals surface area contributed by atoms with Gasteiger partial charge in [-0.2, -0.15) is 0 Å². The minimum atomic E-state index is 0.451. The molecule has 0 saturated heterocycles. The van der Waals surface area contributed by atoms with Crippen molar-refractivity contribution in [1.82, 2.24) is 9.97 Å². The molecule has 2 N–H and O–H groups in total. The molecule has 0 aliphatic rings. The first-order valence-corrected chi connectivity index (χ1v) is 6.23. The van der Waals surface area contributed by atoms with E-state index in [0.717, 1.165) is 11.1 Å². The summed E-state index contributed by atoms with van der Waals surface area (Å²) in [5.41, 5.74) is 10.2. The molecule has 4 nitrogen and oxygen atoms in total. The molecule has 3 rings (SSSR count). The van der Waals surface area contributed by atoms with Gasteiger partial charge in [-0.3, -0.25) is 4.98 Å². The summed E-state index contributed by atoms with van der Waals surface area (Å²) in [4.78, 5) is 8.67. The fourth-order valence-corrected chi connectivity index (χ4v) is 2.22. The van der Waals surface area contributed by atoms with Crippen LogP contribution >= 0.6 is 11.6 Å². The van der Waals surface area contributed by atoms with Gasteiger partial charge in [0.25, 0.3) is 0 Å². The highest BCUT2D eigenvalue weighted by Gasteiger charge is 2.18. The fourth-order valence-electron chi connectivity index (χ4n) is 2.03. The third kappa shape index (κ3) is 1.76. The number of rotatable bonds is 1. The lowest BCUT2D eigenvalue weighted by molar-refractivity contribution is 0.618. The fraction of sp³-hybridized carbons (Fsp3) is 0.143. The van der Waals surface area contributed by atoms with Gasteiger partial charge in [-0.1, -0.05) is 17.7 Å². The van der Waals surface area contributed by atoms with Crippen LogP contribution in [0.1, 0.15) is 11.1 Å². The van der Waals surface area contributed by atoms with Crippen LogP contribution in [0, 0.1) is 13.8 Å². The summed E-state index contributed by atoms with van der Waals surface area (Å²) in [6.45, 7) is 3.77. The van der Waals surface area contributed by atoms with Crippen LogP contribution < -0.4 is 5.73 Å². The van der Waals surface area contributed by atoms with Crippen molar-refractivity contribution in [2.24, 2.45) is 0 Å². The first-order valence-electron chi connectivity index (χ1n) is 5.85. The van der Waals surface area contributed by atoms with Crippen LogP contribution in [0.2, 0.25) is 5.02 Å². The van der Waals surface area contributed by atoms with E-state index in [0.29, 0.717) is 33.4 Å². The number of halogens is 1. The van der Waals surface area contributed by atoms with E-state index >= 15 is 0 Å². The lowest BCUT2D eigenvalue weighted by Gasteiger charge is -2.05. The van der Waals surface area contributed by atoms with Gasteiger partial charge >= 0.3 is 0 Å². The van der Waals surface area contributed by atoms with Gasteiger partial charge < -0.3 is 10.2 Å². The standard InChI is InChI=1S/C14H12ClN3O/c1-7-10(15)8(2)12-13(11(7)16)19-14(18-12)9-5-3-4-6-17-9/h3-6H,16H2,1-2H3. The highest BCUT2D eigenvalue weighted by Crippen LogP contribution is 2.36. The average Bonchev–Trinajstić information content (AvgIpc) is 2.89. The molecule has 0 saturated carbocycles. The van der Waals surface area contributed by atoms with Crippen LogP contribution in [0.4, 0.5) is 5.69 Å². The third-order valence-corrected chi connectivity index (χ3v) is 3.74. The summed E-state index contributed by atoms with van der Waals surface area (Å²) in [6, 6.07) is 5.56. The smallest absolute Gasteiger partial charge is 0.246 e. The summed E-state index contributed by atoms with van der Waals surface area (Å²) in [7, 11) is 0. The highest BCUT2D eigenvalue weighted by molar-refractivity contribution is 6.33. The molecule has 0 aliphatic carbocycles. The Morgan fingerprint density at radius 1 is 1.21 bits per heavy atom. The molecule has 0 aliphatic heterocycles. The third-order valence-electron chi connectivity index (χ3n) is 3.17. The number of hydrogen-bond acceptors (Lipinski definition) is 4. The topological polar surface area (TPSA) is 64.9 Å². The summed E-state index contributed by atoms with van der Waals surface area (Å²) in [5, 5.41) is 0.630. The summed E-state index contributed by atoms with van der Waals surface area (Å²) >= 11 is 6.24. The molecule has 0 spiro atoms. The number of aryl methyl sites for hydroxylation is 1. The second-order valence-electron chi connectivity index (χ2n) is 4.39. The molecule has 0 atom stereocenters. The minimum Gasteiger partial charge on any atom is -0.432 e. The van der Waals surface area contributed by atoms with E-state index < -0.39 is 0 Å². The number of anilines is 1. The largest absolute Gasteiger partial charge is 0.432 e. The predicted molar refractivity (Wildman–Crippen MR) is 76.1 cm³/mol. The molecule has 3 aromatic rings. The monoisotopic (exact) mass is 273 g/mol. The molecule has 19 heavy (non-hydrogen) atoms. The maximum Gasteiger partial charge on any atom is 0.246 e. The second-order valence-corrected chi connectivity index (χ2v) is 4.77. The maximum atomic E-state index is 6.24. The van der Waals surface area contributed by atoms with Crippen molar-refractivity contribution in [2.45, 2.75) is 13.8 Å². The summed E-state index contributed by atoms with van der Waals surface area (Å²) in [6.07, 6.45) is 1.69. The Morgan fingerprint density at radius 2 is 2.00 bits per heavy atom. The zero-order chi connectivity index (χ0) is 13.6. The van der Waals surface area contributed by atoms with Crippen LogP contribution in [-0.2, 0) is 0 Å². The van der Waals surface area contributed by atoms with Crippen molar-refractivity contribution in [1.29, 1.82) is 0 Å². The molecule has 0 radical (unpaired) electrons. The predicted octanol–water partition coefficient (Wildman–Crippen LogP) is 3.74. The zero-order valence-corrected chi connectivity index (χ0v) is 11.3. The lowest BCUT2D eigenvalue weighted by Crippen LogP contribution is -1.93. The molecule has 0 fully saturated rings. The Labute approximate surface area is 115 Å². The number of nitrogen functional groups attached to an aromatic ring is 1.